The van der Waals surface area contributed by atoms with Crippen molar-refractivity contribution < 1.29 is 0 Å². The number of aryl methyl sites for hydroxylation is 2. The van der Waals surface area contributed by atoms with Crippen molar-refractivity contribution in [2.24, 2.45) is 7.05 Å². The van der Waals surface area contributed by atoms with Crippen LogP contribution in [0.2, 0.25) is 0 Å². The van der Waals surface area contributed by atoms with Gasteiger partial charge >= 0.3 is 0 Å². The lowest BCUT2D eigenvalue weighted by atomic mass is 9.90. The van der Waals surface area contributed by atoms with Crippen molar-refractivity contribution in [1.29, 1.82) is 0 Å². The lowest BCUT2D eigenvalue weighted by Crippen LogP contribution is -2.32. The van der Waals surface area contributed by atoms with E-state index in [0.29, 0.717) is 12.0 Å². The Morgan fingerprint density at radius 3 is 3.05 bits per heavy atom. The smallest absolute Gasteiger partial charge is 0.0521 e. The first-order chi connectivity index (χ1) is 9.78. The number of likely N-dealkylation sites (N-methyl/N-ethyl adjacent to an activating group) is 1. The number of hydrogen-bond acceptors (Lipinski definition) is 3. The zero-order chi connectivity index (χ0) is 13.9. The van der Waals surface area contributed by atoms with Crippen molar-refractivity contribution in [3.63, 3.8) is 0 Å². The molecule has 2 atom stereocenters. The van der Waals surface area contributed by atoms with E-state index in [-0.39, 0.29) is 0 Å². The van der Waals surface area contributed by atoms with E-state index in [0.717, 1.165) is 12.8 Å². The number of aromatic nitrogens is 2. The Labute approximate surface area is 124 Å². The molecule has 1 aliphatic heterocycles. The van der Waals surface area contributed by atoms with Gasteiger partial charge in [-0.3, -0.25) is 4.68 Å². The molecule has 0 saturated heterocycles. The van der Waals surface area contributed by atoms with E-state index in [1.165, 1.54) is 21.8 Å². The van der Waals surface area contributed by atoms with Gasteiger partial charge in [-0.05, 0) is 37.1 Å². The van der Waals surface area contributed by atoms with Gasteiger partial charge in [0, 0.05) is 35.9 Å². The van der Waals surface area contributed by atoms with Gasteiger partial charge in [-0.2, -0.15) is 5.10 Å². The molecule has 3 nitrogen and oxygen atoms in total. The second-order valence-electron chi connectivity index (χ2n) is 5.41. The minimum absolute atomic E-state index is 0.534. The van der Waals surface area contributed by atoms with Gasteiger partial charge in [-0.25, -0.2) is 0 Å². The van der Waals surface area contributed by atoms with Gasteiger partial charge in [-0.1, -0.05) is 18.2 Å². The number of nitrogens with one attached hydrogen (secondary N) is 1. The van der Waals surface area contributed by atoms with Crippen LogP contribution in [0.3, 0.4) is 0 Å². The first kappa shape index (κ1) is 13.7. The van der Waals surface area contributed by atoms with E-state index in [2.05, 4.69) is 47.9 Å². The molecule has 0 saturated carbocycles. The largest absolute Gasteiger partial charge is 0.316 e. The minimum Gasteiger partial charge on any atom is -0.316 e. The highest BCUT2D eigenvalue weighted by atomic mass is 32.2. The summed E-state index contributed by atoms with van der Waals surface area (Å²) >= 11 is 1.99. The molecule has 2 heterocycles. The third-order valence-corrected chi connectivity index (χ3v) is 5.30. The quantitative estimate of drug-likeness (QED) is 0.917. The summed E-state index contributed by atoms with van der Waals surface area (Å²) in [6.45, 7) is 0. The van der Waals surface area contributed by atoms with E-state index >= 15 is 0 Å². The molecule has 0 spiro atoms. The molecule has 0 bridgehead atoms. The number of fused-ring (bicyclic) bond motifs is 1. The van der Waals surface area contributed by atoms with E-state index in [1.54, 1.807) is 0 Å². The number of nitrogens with zero attached hydrogens (tertiary/aromatic N) is 2. The molecule has 3 rings (SSSR count). The van der Waals surface area contributed by atoms with Crippen LogP contribution in [-0.4, -0.2) is 28.6 Å². The predicted molar refractivity (Wildman–Crippen MR) is 84.3 cm³/mol. The maximum Gasteiger partial charge on any atom is 0.0521 e. The van der Waals surface area contributed by atoms with Gasteiger partial charge < -0.3 is 5.32 Å². The van der Waals surface area contributed by atoms with Gasteiger partial charge in [-0.15, -0.1) is 11.8 Å². The summed E-state index contributed by atoms with van der Waals surface area (Å²) < 4.78 is 1.88. The van der Waals surface area contributed by atoms with E-state index in [4.69, 9.17) is 0 Å². The van der Waals surface area contributed by atoms with Gasteiger partial charge in [0.15, 0.2) is 0 Å². The lowest BCUT2D eigenvalue weighted by Gasteiger charge is -2.23. The van der Waals surface area contributed by atoms with E-state index < -0.39 is 0 Å². The highest BCUT2D eigenvalue weighted by Crippen LogP contribution is 2.41. The van der Waals surface area contributed by atoms with Crippen LogP contribution < -0.4 is 5.32 Å². The third-order valence-electron chi connectivity index (χ3n) is 4.10. The molecule has 4 heteroatoms. The predicted octanol–water partition coefficient (Wildman–Crippen LogP) is 2.83. The Hall–Kier alpha value is -1.26. The molecule has 2 aromatic rings. The molecule has 1 N–H and O–H groups in total. The monoisotopic (exact) mass is 287 g/mol. The van der Waals surface area contributed by atoms with Crippen molar-refractivity contribution in [3.8, 4) is 0 Å². The fraction of sp³-hybridized carbons (Fsp3) is 0.438. The molecule has 1 aromatic heterocycles. The molecule has 0 radical (unpaired) electrons. The van der Waals surface area contributed by atoms with Gasteiger partial charge in [0.25, 0.3) is 0 Å². The Morgan fingerprint density at radius 1 is 1.45 bits per heavy atom. The summed E-state index contributed by atoms with van der Waals surface area (Å²) in [5, 5.41) is 7.77. The van der Waals surface area contributed by atoms with E-state index in [9.17, 15) is 0 Å². The van der Waals surface area contributed by atoms with Gasteiger partial charge in [0.05, 0.1) is 6.20 Å². The molecule has 0 aliphatic carbocycles. The molecule has 2 unspecified atom stereocenters. The van der Waals surface area contributed by atoms with Crippen LogP contribution in [0.1, 0.15) is 23.5 Å². The second kappa shape index (κ2) is 6.02. The minimum atomic E-state index is 0.534. The van der Waals surface area contributed by atoms with Crippen LogP contribution in [0, 0.1) is 0 Å². The van der Waals surface area contributed by atoms with Crippen LogP contribution >= 0.6 is 11.8 Å². The highest BCUT2D eigenvalue weighted by molar-refractivity contribution is 7.99. The summed E-state index contributed by atoms with van der Waals surface area (Å²) in [5.74, 6) is 1.82. The first-order valence-corrected chi connectivity index (χ1v) is 8.13. The Balaban J connectivity index is 1.68. The fourth-order valence-corrected chi connectivity index (χ4v) is 4.32. The number of benzene rings is 1. The number of thioether (sulfide) groups is 1. The molecule has 1 aromatic carbocycles. The summed E-state index contributed by atoms with van der Waals surface area (Å²) in [5.41, 5.74) is 2.84. The van der Waals surface area contributed by atoms with Crippen molar-refractivity contribution in [2.75, 3.05) is 12.8 Å². The number of hydrogen-bond donors (Lipinski definition) is 1. The summed E-state index contributed by atoms with van der Waals surface area (Å²) in [4.78, 5) is 1.46. The number of rotatable bonds is 5. The Kier molecular flexibility index (Phi) is 4.13. The van der Waals surface area contributed by atoms with Gasteiger partial charge in [0.1, 0.15) is 0 Å². The maximum absolute atomic E-state index is 4.25. The van der Waals surface area contributed by atoms with Crippen molar-refractivity contribution in [2.45, 2.75) is 29.7 Å². The Bertz CT molecular complexity index is 579. The van der Waals surface area contributed by atoms with Crippen molar-refractivity contribution in [3.05, 3.63) is 47.8 Å². The van der Waals surface area contributed by atoms with Crippen molar-refractivity contribution in [1.82, 2.24) is 15.1 Å². The summed E-state index contributed by atoms with van der Waals surface area (Å²) in [7, 11) is 4.06. The van der Waals surface area contributed by atoms with Crippen LogP contribution in [0.4, 0.5) is 0 Å². The highest BCUT2D eigenvalue weighted by Gasteiger charge is 2.29. The summed E-state index contributed by atoms with van der Waals surface area (Å²) in [6.07, 6.45) is 6.33. The molecular formula is C16H21N3S. The molecule has 0 fully saturated rings. The molecule has 20 heavy (non-hydrogen) atoms. The average molecular weight is 287 g/mol. The molecule has 0 amide bonds. The second-order valence-corrected chi connectivity index (χ2v) is 6.47. The summed E-state index contributed by atoms with van der Waals surface area (Å²) in [6, 6.07) is 9.36. The Morgan fingerprint density at radius 2 is 2.30 bits per heavy atom. The first-order valence-electron chi connectivity index (χ1n) is 7.14. The standard InChI is InChI=1S/C16H21N3S/c1-17-15(8-7-12-9-18-19(2)10-12)14-11-20-16-6-4-3-5-13(14)16/h3-6,9-10,14-15,17H,7-8,11H2,1-2H3. The molecule has 106 valence electrons. The average Bonchev–Trinajstić information content (AvgIpc) is 3.07. The van der Waals surface area contributed by atoms with E-state index in [1.807, 2.05) is 29.7 Å². The lowest BCUT2D eigenvalue weighted by molar-refractivity contribution is 0.461. The van der Waals surface area contributed by atoms with Crippen LogP contribution in [0.25, 0.3) is 0 Å². The van der Waals surface area contributed by atoms with Gasteiger partial charge in [0.2, 0.25) is 0 Å². The SMILES string of the molecule is CNC(CCc1cnn(C)c1)C1CSc2ccccc21. The van der Waals surface area contributed by atoms with Crippen LogP contribution in [0.5, 0.6) is 0 Å². The zero-order valence-electron chi connectivity index (χ0n) is 12.0. The maximum atomic E-state index is 4.25. The van der Waals surface area contributed by atoms with Crippen molar-refractivity contribution >= 4 is 11.8 Å². The molecular weight excluding hydrogens is 266 g/mol. The fourth-order valence-electron chi connectivity index (χ4n) is 2.99. The molecule has 1 aliphatic rings. The topological polar surface area (TPSA) is 29.9 Å². The third kappa shape index (κ3) is 2.76. The van der Waals surface area contributed by atoms with Crippen LogP contribution in [-0.2, 0) is 13.5 Å². The normalized spacial score (nSPS) is 19.0. The van der Waals surface area contributed by atoms with Crippen LogP contribution in [0.15, 0.2) is 41.6 Å². The zero-order valence-corrected chi connectivity index (χ0v) is 12.9.